The van der Waals surface area contributed by atoms with Crippen molar-refractivity contribution in [3.8, 4) is 0 Å². The highest BCUT2D eigenvalue weighted by Gasteiger charge is 2.44. The predicted octanol–water partition coefficient (Wildman–Crippen LogP) is 1.70. The van der Waals surface area contributed by atoms with Gasteiger partial charge in [0.15, 0.2) is 0 Å². The van der Waals surface area contributed by atoms with E-state index in [0.717, 1.165) is 25.0 Å². The summed E-state index contributed by atoms with van der Waals surface area (Å²) in [6.45, 7) is 0.537. The minimum absolute atomic E-state index is 0.264. The molecule has 0 aromatic carbocycles. The van der Waals surface area contributed by atoms with E-state index in [0.29, 0.717) is 16.9 Å². The summed E-state index contributed by atoms with van der Waals surface area (Å²) in [5.74, 6) is 0.538. The summed E-state index contributed by atoms with van der Waals surface area (Å²) in [6, 6.07) is 0.417. The number of fused-ring (bicyclic) bond motifs is 2. The molecule has 80 valence electrons. The summed E-state index contributed by atoms with van der Waals surface area (Å²) in [5.41, 5.74) is 0.738. The molecule has 2 aliphatic rings. The van der Waals surface area contributed by atoms with Crippen molar-refractivity contribution in [2.45, 2.75) is 31.8 Å². The van der Waals surface area contributed by atoms with Gasteiger partial charge >= 0.3 is 0 Å². The van der Waals surface area contributed by atoms with Crippen LogP contribution in [0.3, 0.4) is 0 Å². The fourth-order valence-electron chi connectivity index (χ4n) is 2.54. The molecule has 0 spiro atoms. The summed E-state index contributed by atoms with van der Waals surface area (Å²) in [4.78, 5) is 13.8. The summed E-state index contributed by atoms with van der Waals surface area (Å²) in [5, 5.41) is 3.94. The van der Waals surface area contributed by atoms with E-state index in [1.54, 1.807) is 0 Å². The van der Waals surface area contributed by atoms with Crippen molar-refractivity contribution < 1.29 is 4.79 Å². The Morgan fingerprint density at radius 2 is 2.40 bits per heavy atom. The first kappa shape index (κ1) is 9.54. The molecule has 2 bridgehead atoms. The monoisotopic (exact) mass is 243 g/mol. The molecule has 1 saturated heterocycles. The second kappa shape index (κ2) is 3.42. The van der Waals surface area contributed by atoms with Crippen LogP contribution in [0.4, 0.5) is 0 Å². The number of carbonyl (C=O) groups is 1. The van der Waals surface area contributed by atoms with E-state index in [1.165, 1.54) is 11.5 Å². The van der Waals surface area contributed by atoms with Gasteiger partial charge in [-0.1, -0.05) is 16.1 Å². The molecule has 15 heavy (non-hydrogen) atoms. The molecule has 1 aromatic rings. The Labute approximate surface area is 96.4 Å². The van der Waals surface area contributed by atoms with E-state index in [2.05, 4.69) is 9.59 Å². The second-order valence-electron chi connectivity index (χ2n) is 4.12. The number of aromatic nitrogens is 2. The van der Waals surface area contributed by atoms with E-state index >= 15 is 0 Å². The van der Waals surface area contributed by atoms with Gasteiger partial charge in [-0.25, -0.2) is 0 Å². The van der Waals surface area contributed by atoms with Crippen LogP contribution in [0.15, 0.2) is 0 Å². The van der Waals surface area contributed by atoms with Crippen LogP contribution in [0.5, 0.6) is 0 Å². The molecule has 1 amide bonds. The fourth-order valence-corrected chi connectivity index (χ4v) is 3.15. The van der Waals surface area contributed by atoms with E-state index in [1.807, 2.05) is 4.90 Å². The van der Waals surface area contributed by atoms with Crippen LogP contribution in [-0.2, 0) is 11.3 Å². The first-order chi connectivity index (χ1) is 7.25. The smallest absolute Gasteiger partial charge is 0.226 e. The Morgan fingerprint density at radius 1 is 1.53 bits per heavy atom. The number of hydrogen-bond donors (Lipinski definition) is 0. The molecule has 6 heteroatoms. The van der Waals surface area contributed by atoms with E-state index in [4.69, 9.17) is 11.6 Å². The lowest BCUT2D eigenvalue weighted by atomic mass is 10.1. The molecule has 2 atom stereocenters. The molecule has 1 saturated carbocycles. The molecule has 2 unspecified atom stereocenters. The number of halogens is 1. The van der Waals surface area contributed by atoms with Crippen molar-refractivity contribution in [1.82, 2.24) is 14.5 Å². The Hall–Kier alpha value is -0.680. The zero-order chi connectivity index (χ0) is 10.4. The predicted molar refractivity (Wildman–Crippen MR) is 56.6 cm³/mol. The number of rotatable bonds is 2. The van der Waals surface area contributed by atoms with Crippen molar-refractivity contribution in [3.63, 3.8) is 0 Å². The Kier molecular flexibility index (Phi) is 2.17. The number of likely N-dealkylation sites (tertiary alicyclic amines) is 1. The first-order valence-electron chi connectivity index (χ1n) is 5.03. The number of amides is 1. The molecule has 1 aromatic heterocycles. The summed E-state index contributed by atoms with van der Waals surface area (Å²) >= 11 is 7.10. The molecule has 1 aliphatic heterocycles. The molecule has 0 radical (unpaired) electrons. The Morgan fingerprint density at radius 3 is 3.00 bits per heavy atom. The zero-order valence-corrected chi connectivity index (χ0v) is 9.59. The van der Waals surface area contributed by atoms with Gasteiger partial charge in [0.05, 0.1) is 6.54 Å². The van der Waals surface area contributed by atoms with E-state index in [9.17, 15) is 4.79 Å². The average Bonchev–Trinajstić information content (AvgIpc) is 2.87. The van der Waals surface area contributed by atoms with Gasteiger partial charge in [0.25, 0.3) is 0 Å². The normalized spacial score (nSPS) is 29.1. The van der Waals surface area contributed by atoms with Crippen LogP contribution in [0, 0.1) is 5.92 Å². The summed E-state index contributed by atoms with van der Waals surface area (Å²) < 4.78 is 4.38. The third-order valence-corrected chi connectivity index (χ3v) is 4.29. The van der Waals surface area contributed by atoms with Crippen LogP contribution in [0.25, 0.3) is 0 Å². The molecule has 2 fully saturated rings. The van der Waals surface area contributed by atoms with Gasteiger partial charge in [0.1, 0.15) is 10.0 Å². The van der Waals surface area contributed by atoms with E-state index < -0.39 is 0 Å². The highest BCUT2D eigenvalue weighted by Crippen LogP contribution is 2.39. The van der Waals surface area contributed by atoms with Gasteiger partial charge < -0.3 is 4.90 Å². The maximum atomic E-state index is 11.8. The number of nitrogens with zero attached hydrogens (tertiary/aromatic N) is 3. The number of hydrogen-bond acceptors (Lipinski definition) is 4. The molecular weight excluding hydrogens is 234 g/mol. The van der Waals surface area contributed by atoms with Crippen molar-refractivity contribution in [1.29, 1.82) is 0 Å². The van der Waals surface area contributed by atoms with E-state index in [-0.39, 0.29) is 11.8 Å². The Bertz CT molecular complexity index is 408. The third kappa shape index (κ3) is 1.45. The molecule has 4 nitrogen and oxygen atoms in total. The summed E-state index contributed by atoms with van der Waals surface area (Å²) in [6.07, 6.45) is 3.21. The molecule has 3 rings (SSSR count). The average molecular weight is 244 g/mol. The van der Waals surface area contributed by atoms with Crippen molar-refractivity contribution in [2.24, 2.45) is 5.92 Å². The van der Waals surface area contributed by atoms with Gasteiger partial charge in [-0.05, 0) is 19.3 Å². The van der Waals surface area contributed by atoms with Gasteiger partial charge in [-0.3, -0.25) is 4.79 Å². The topological polar surface area (TPSA) is 46.1 Å². The van der Waals surface area contributed by atoms with Gasteiger partial charge in [0, 0.05) is 23.5 Å². The molecule has 0 N–H and O–H groups in total. The van der Waals surface area contributed by atoms with Crippen LogP contribution in [-0.4, -0.2) is 26.4 Å². The van der Waals surface area contributed by atoms with Crippen molar-refractivity contribution >= 4 is 29.0 Å². The first-order valence-corrected chi connectivity index (χ1v) is 6.18. The van der Waals surface area contributed by atoms with Crippen LogP contribution in [0.2, 0.25) is 4.34 Å². The number of carbonyl (C=O) groups excluding carboxylic acids is 1. The van der Waals surface area contributed by atoms with Crippen molar-refractivity contribution in [3.05, 3.63) is 10.0 Å². The van der Waals surface area contributed by atoms with Gasteiger partial charge in [0.2, 0.25) is 5.91 Å². The Balaban J connectivity index is 1.79. The lowest BCUT2D eigenvalue weighted by molar-refractivity contribution is -0.134. The lowest BCUT2D eigenvalue weighted by Crippen LogP contribution is -2.36. The molecular formula is C9H10ClN3OS. The lowest BCUT2D eigenvalue weighted by Gasteiger charge is -2.26. The largest absolute Gasteiger partial charge is 0.333 e. The quantitative estimate of drug-likeness (QED) is 0.794. The minimum Gasteiger partial charge on any atom is -0.333 e. The van der Waals surface area contributed by atoms with Gasteiger partial charge in [-0.2, -0.15) is 0 Å². The van der Waals surface area contributed by atoms with Crippen LogP contribution in [0.1, 0.15) is 25.0 Å². The highest BCUT2D eigenvalue weighted by molar-refractivity contribution is 7.10. The summed E-state index contributed by atoms with van der Waals surface area (Å²) in [7, 11) is 0. The fraction of sp³-hybridized carbons (Fsp3) is 0.667. The van der Waals surface area contributed by atoms with Crippen molar-refractivity contribution in [2.75, 3.05) is 0 Å². The van der Waals surface area contributed by atoms with Crippen LogP contribution >= 0.6 is 23.1 Å². The minimum atomic E-state index is 0.264. The maximum Gasteiger partial charge on any atom is 0.226 e. The SMILES string of the molecule is O=C1C2CCC(C2)N1Cc1nnsc1Cl. The zero-order valence-electron chi connectivity index (χ0n) is 8.02. The maximum absolute atomic E-state index is 11.8. The molecule has 1 aliphatic carbocycles. The third-order valence-electron chi connectivity index (χ3n) is 3.31. The van der Waals surface area contributed by atoms with Crippen LogP contribution < -0.4 is 0 Å². The highest BCUT2D eigenvalue weighted by atomic mass is 35.5. The van der Waals surface area contributed by atoms with Gasteiger partial charge in [-0.15, -0.1) is 5.10 Å². The number of piperidine rings is 1. The molecule has 2 heterocycles. The standard InChI is InChI=1S/C9H10ClN3OS/c10-8-7(11-12-15-8)4-13-6-2-1-5(3-6)9(13)14/h5-6H,1-4H2. The second-order valence-corrected chi connectivity index (χ2v) is 5.48.